The minimum Gasteiger partial charge on any atom is -0.493 e. The number of carbonyl (C=O) groups is 1. The number of fused-ring (bicyclic) bond motifs is 2. The first-order valence-electron chi connectivity index (χ1n) is 8.13. The highest BCUT2D eigenvalue weighted by molar-refractivity contribution is 5.92. The van der Waals surface area contributed by atoms with Gasteiger partial charge in [0.1, 0.15) is 0 Å². The van der Waals surface area contributed by atoms with Gasteiger partial charge in [0.25, 0.3) is 0 Å². The van der Waals surface area contributed by atoms with Gasteiger partial charge >= 0.3 is 0 Å². The Morgan fingerprint density at radius 2 is 1.91 bits per heavy atom. The summed E-state index contributed by atoms with van der Waals surface area (Å²) < 4.78 is 10.6. The summed E-state index contributed by atoms with van der Waals surface area (Å²) in [6, 6.07) is 3.73. The monoisotopic (exact) mass is 303 g/mol. The molecule has 2 fully saturated rings. The molecule has 1 aromatic rings. The smallest absolute Gasteiger partial charge is 0.224 e. The molecule has 4 nitrogen and oxygen atoms in total. The van der Waals surface area contributed by atoms with E-state index in [9.17, 15) is 4.79 Å². The summed E-state index contributed by atoms with van der Waals surface area (Å²) in [6.07, 6.45) is 5.92. The topological polar surface area (TPSA) is 47.6 Å². The molecule has 2 bridgehead atoms. The van der Waals surface area contributed by atoms with Crippen LogP contribution in [0.3, 0.4) is 0 Å². The zero-order valence-corrected chi connectivity index (χ0v) is 13.6. The second kappa shape index (κ2) is 6.19. The second-order valence-corrected chi connectivity index (χ2v) is 6.71. The molecule has 120 valence electrons. The van der Waals surface area contributed by atoms with E-state index >= 15 is 0 Å². The molecule has 3 atom stereocenters. The van der Waals surface area contributed by atoms with E-state index in [2.05, 4.69) is 5.32 Å². The van der Waals surface area contributed by atoms with Crippen LogP contribution in [0.1, 0.15) is 37.7 Å². The van der Waals surface area contributed by atoms with Crippen molar-refractivity contribution in [1.82, 2.24) is 0 Å². The number of hydrogen-bond donors (Lipinski definition) is 1. The van der Waals surface area contributed by atoms with E-state index in [0.29, 0.717) is 23.8 Å². The fourth-order valence-corrected chi connectivity index (χ4v) is 4.18. The van der Waals surface area contributed by atoms with Crippen molar-refractivity contribution in [3.8, 4) is 11.5 Å². The molecule has 1 N–H and O–H groups in total. The lowest BCUT2D eigenvalue weighted by Gasteiger charge is -2.21. The lowest BCUT2D eigenvalue weighted by Crippen LogP contribution is -2.20. The summed E-state index contributed by atoms with van der Waals surface area (Å²) in [5.74, 6) is 3.69. The van der Waals surface area contributed by atoms with Gasteiger partial charge in [0, 0.05) is 18.2 Å². The zero-order valence-electron chi connectivity index (χ0n) is 13.6. The van der Waals surface area contributed by atoms with E-state index in [0.717, 1.165) is 23.1 Å². The van der Waals surface area contributed by atoms with E-state index in [1.54, 1.807) is 14.2 Å². The van der Waals surface area contributed by atoms with Gasteiger partial charge in [-0.2, -0.15) is 0 Å². The van der Waals surface area contributed by atoms with Crippen LogP contribution >= 0.6 is 0 Å². The van der Waals surface area contributed by atoms with Crippen LogP contribution in [0.25, 0.3) is 0 Å². The van der Waals surface area contributed by atoms with Gasteiger partial charge in [0.05, 0.1) is 14.2 Å². The summed E-state index contributed by atoms with van der Waals surface area (Å²) >= 11 is 0. The van der Waals surface area contributed by atoms with Crippen LogP contribution in [0.5, 0.6) is 11.5 Å². The molecule has 1 amide bonds. The zero-order chi connectivity index (χ0) is 15.7. The van der Waals surface area contributed by atoms with E-state index in [1.165, 1.54) is 25.7 Å². The quantitative estimate of drug-likeness (QED) is 0.900. The van der Waals surface area contributed by atoms with Crippen molar-refractivity contribution in [3.05, 3.63) is 17.7 Å². The number of carbonyl (C=O) groups excluding carboxylic acids is 1. The molecular weight excluding hydrogens is 278 g/mol. The average molecular weight is 303 g/mol. The lowest BCUT2D eigenvalue weighted by molar-refractivity contribution is -0.117. The second-order valence-electron chi connectivity index (χ2n) is 6.71. The van der Waals surface area contributed by atoms with Gasteiger partial charge in [-0.1, -0.05) is 6.42 Å². The van der Waals surface area contributed by atoms with Crippen molar-refractivity contribution < 1.29 is 14.3 Å². The number of rotatable bonds is 5. The Balaban J connectivity index is 1.66. The van der Waals surface area contributed by atoms with E-state index in [4.69, 9.17) is 9.47 Å². The number of ether oxygens (including phenoxy) is 2. The van der Waals surface area contributed by atoms with Crippen LogP contribution < -0.4 is 14.8 Å². The molecule has 0 saturated heterocycles. The maximum absolute atomic E-state index is 12.4. The van der Waals surface area contributed by atoms with Gasteiger partial charge in [-0.05, 0) is 55.6 Å². The van der Waals surface area contributed by atoms with Crippen molar-refractivity contribution in [2.75, 3.05) is 19.5 Å². The molecule has 0 heterocycles. The summed E-state index contributed by atoms with van der Waals surface area (Å²) in [6.45, 7) is 1.97. The van der Waals surface area contributed by atoms with Gasteiger partial charge in [-0.15, -0.1) is 0 Å². The third-order valence-corrected chi connectivity index (χ3v) is 5.34. The third kappa shape index (κ3) is 2.92. The first kappa shape index (κ1) is 15.2. The lowest BCUT2D eigenvalue weighted by atomic mass is 9.86. The van der Waals surface area contributed by atoms with Gasteiger partial charge in [0.15, 0.2) is 11.5 Å². The minimum absolute atomic E-state index is 0.118. The van der Waals surface area contributed by atoms with Crippen LogP contribution in [0, 0.1) is 24.7 Å². The predicted molar refractivity (Wildman–Crippen MR) is 86.5 cm³/mol. The molecule has 1 aromatic carbocycles. The van der Waals surface area contributed by atoms with Crippen molar-refractivity contribution in [2.45, 2.75) is 39.0 Å². The standard InChI is InChI=1S/C18H25NO3/c1-11-6-16(21-2)17(22-3)10-15(11)19-18(20)9-14-8-12-4-5-13(14)7-12/h6,10,12-14H,4-5,7-9H2,1-3H3,(H,19,20)/t12-,13-,14-/m1/s1. The van der Waals surface area contributed by atoms with Crippen LogP contribution in [-0.4, -0.2) is 20.1 Å². The summed E-state index contributed by atoms with van der Waals surface area (Å²) in [4.78, 5) is 12.4. The van der Waals surface area contributed by atoms with E-state index in [-0.39, 0.29) is 5.91 Å². The third-order valence-electron chi connectivity index (χ3n) is 5.34. The molecule has 2 aliphatic carbocycles. The Kier molecular flexibility index (Phi) is 4.27. The van der Waals surface area contributed by atoms with Crippen molar-refractivity contribution in [3.63, 3.8) is 0 Å². The van der Waals surface area contributed by atoms with Crippen LogP contribution in [0.4, 0.5) is 5.69 Å². The highest BCUT2D eigenvalue weighted by atomic mass is 16.5. The Labute approximate surface area is 132 Å². The number of anilines is 1. The Hall–Kier alpha value is -1.71. The fraction of sp³-hybridized carbons (Fsp3) is 0.611. The molecule has 0 unspecified atom stereocenters. The van der Waals surface area contributed by atoms with Gasteiger partial charge in [-0.25, -0.2) is 0 Å². The van der Waals surface area contributed by atoms with E-state index in [1.807, 2.05) is 19.1 Å². The van der Waals surface area contributed by atoms with Crippen molar-refractivity contribution in [2.24, 2.45) is 17.8 Å². The minimum atomic E-state index is 0.118. The van der Waals surface area contributed by atoms with Gasteiger partial charge < -0.3 is 14.8 Å². The Morgan fingerprint density at radius 1 is 1.18 bits per heavy atom. The van der Waals surface area contributed by atoms with Crippen LogP contribution in [0.15, 0.2) is 12.1 Å². The predicted octanol–water partition coefficient (Wildman–Crippen LogP) is 3.78. The van der Waals surface area contributed by atoms with Crippen LogP contribution in [0.2, 0.25) is 0 Å². The van der Waals surface area contributed by atoms with Gasteiger partial charge in [-0.3, -0.25) is 4.79 Å². The van der Waals surface area contributed by atoms with E-state index < -0.39 is 0 Å². The van der Waals surface area contributed by atoms with Crippen molar-refractivity contribution >= 4 is 11.6 Å². The van der Waals surface area contributed by atoms with Crippen LogP contribution in [-0.2, 0) is 4.79 Å². The van der Waals surface area contributed by atoms with Gasteiger partial charge in [0.2, 0.25) is 5.91 Å². The average Bonchev–Trinajstić information content (AvgIpc) is 3.11. The first-order valence-corrected chi connectivity index (χ1v) is 8.13. The maximum Gasteiger partial charge on any atom is 0.224 e. The molecule has 0 radical (unpaired) electrons. The molecule has 22 heavy (non-hydrogen) atoms. The molecule has 0 spiro atoms. The summed E-state index contributed by atoms with van der Waals surface area (Å²) in [5.41, 5.74) is 1.80. The number of methoxy groups -OCH3 is 2. The number of hydrogen-bond acceptors (Lipinski definition) is 3. The SMILES string of the molecule is COc1cc(C)c(NC(=O)C[C@H]2C[C@@H]3CC[C@@H]2C3)cc1OC. The summed E-state index contributed by atoms with van der Waals surface area (Å²) in [7, 11) is 3.22. The number of aryl methyl sites for hydroxylation is 1. The Morgan fingerprint density at radius 3 is 2.50 bits per heavy atom. The first-order chi connectivity index (χ1) is 10.6. The molecule has 0 aromatic heterocycles. The normalized spacial score (nSPS) is 26.0. The Bertz CT molecular complexity index is 570. The molecule has 2 saturated carbocycles. The molecule has 3 rings (SSSR count). The molecule has 0 aliphatic heterocycles. The number of benzene rings is 1. The molecule has 4 heteroatoms. The largest absolute Gasteiger partial charge is 0.493 e. The molecular formula is C18H25NO3. The molecule has 2 aliphatic rings. The highest BCUT2D eigenvalue weighted by Crippen LogP contribution is 2.49. The van der Waals surface area contributed by atoms with Crippen molar-refractivity contribution in [1.29, 1.82) is 0 Å². The summed E-state index contributed by atoms with van der Waals surface area (Å²) in [5, 5.41) is 3.05. The number of amides is 1. The highest BCUT2D eigenvalue weighted by Gasteiger charge is 2.40. The fourth-order valence-electron chi connectivity index (χ4n) is 4.18. The maximum atomic E-state index is 12.4. The number of nitrogens with one attached hydrogen (secondary N) is 1.